The van der Waals surface area contributed by atoms with Crippen LogP contribution in [0.25, 0.3) is 0 Å². The molecule has 0 aromatic heterocycles. The highest BCUT2D eigenvalue weighted by Crippen LogP contribution is 2.22. The number of nitrogens with zero attached hydrogens (tertiary/aromatic N) is 1. The zero-order valence-corrected chi connectivity index (χ0v) is 12.1. The lowest BCUT2D eigenvalue weighted by molar-refractivity contribution is 0.215. The summed E-state index contributed by atoms with van der Waals surface area (Å²) in [6.07, 6.45) is 3.67. The minimum Gasteiger partial charge on any atom is -0.306 e. The Kier molecular flexibility index (Phi) is 5.04. The number of hydrogen-bond donors (Lipinski definition) is 1. The maximum atomic E-state index is 6.08. The van der Waals surface area contributed by atoms with Gasteiger partial charge in [-0.2, -0.15) is 0 Å². The summed E-state index contributed by atoms with van der Waals surface area (Å²) in [6.45, 7) is 4.61. The molecule has 1 fully saturated rings. The Morgan fingerprint density at radius 1 is 1.50 bits per heavy atom. The second-order valence-corrected chi connectivity index (χ2v) is 5.72. The van der Waals surface area contributed by atoms with Gasteiger partial charge in [0.05, 0.1) is 0 Å². The summed E-state index contributed by atoms with van der Waals surface area (Å²) >= 11 is 6.08. The van der Waals surface area contributed by atoms with Crippen LogP contribution in [0, 0.1) is 0 Å². The molecule has 100 valence electrons. The fourth-order valence-corrected chi connectivity index (χ4v) is 2.96. The molecule has 0 radical (unpaired) electrons. The third-order valence-electron chi connectivity index (χ3n) is 3.72. The van der Waals surface area contributed by atoms with Crippen molar-refractivity contribution in [2.75, 3.05) is 20.1 Å². The third-order valence-corrected chi connectivity index (χ3v) is 3.96. The van der Waals surface area contributed by atoms with Gasteiger partial charge in [-0.25, -0.2) is 0 Å². The zero-order chi connectivity index (χ0) is 13.0. The Bertz CT molecular complexity index is 381. The van der Waals surface area contributed by atoms with Crippen molar-refractivity contribution in [3.05, 3.63) is 34.9 Å². The van der Waals surface area contributed by atoms with Crippen LogP contribution in [0.4, 0.5) is 0 Å². The van der Waals surface area contributed by atoms with Gasteiger partial charge in [0.1, 0.15) is 0 Å². The number of rotatable bonds is 4. The van der Waals surface area contributed by atoms with Gasteiger partial charge >= 0.3 is 0 Å². The van der Waals surface area contributed by atoms with Crippen LogP contribution in [0.2, 0.25) is 5.02 Å². The van der Waals surface area contributed by atoms with E-state index >= 15 is 0 Å². The monoisotopic (exact) mass is 266 g/mol. The summed E-state index contributed by atoms with van der Waals surface area (Å²) < 4.78 is 0. The quantitative estimate of drug-likeness (QED) is 0.898. The number of nitrogens with one attached hydrogen (secondary N) is 1. The number of likely N-dealkylation sites (tertiary alicyclic amines) is 1. The lowest BCUT2D eigenvalue weighted by atomic mass is 10.00. The molecule has 2 unspecified atom stereocenters. The van der Waals surface area contributed by atoms with E-state index in [2.05, 4.69) is 36.3 Å². The smallest absolute Gasteiger partial charge is 0.0409 e. The molecule has 1 aromatic carbocycles. The van der Waals surface area contributed by atoms with E-state index in [1.54, 1.807) is 0 Å². The molecule has 2 rings (SSSR count). The van der Waals surface area contributed by atoms with Crippen molar-refractivity contribution >= 4 is 11.6 Å². The fourth-order valence-electron chi connectivity index (χ4n) is 2.76. The Hall–Kier alpha value is -0.570. The van der Waals surface area contributed by atoms with Crippen LogP contribution in [0.5, 0.6) is 0 Å². The lowest BCUT2D eigenvalue weighted by Crippen LogP contribution is -2.45. The van der Waals surface area contributed by atoms with Gasteiger partial charge in [-0.1, -0.05) is 30.7 Å². The standard InChI is InChI=1S/C15H23ClN2/c1-3-15(12-6-4-7-13(16)10-12)17-14-8-5-9-18(2)11-14/h4,6-7,10,14-15,17H,3,5,8-9,11H2,1-2H3. The topological polar surface area (TPSA) is 15.3 Å². The summed E-state index contributed by atoms with van der Waals surface area (Å²) in [5.74, 6) is 0. The third kappa shape index (κ3) is 3.71. The molecule has 0 spiro atoms. The summed E-state index contributed by atoms with van der Waals surface area (Å²) in [6, 6.07) is 9.24. The van der Waals surface area contributed by atoms with Gasteiger partial charge in [0.25, 0.3) is 0 Å². The molecule has 3 heteroatoms. The van der Waals surface area contributed by atoms with E-state index in [-0.39, 0.29) is 0 Å². The van der Waals surface area contributed by atoms with Crippen molar-refractivity contribution in [2.24, 2.45) is 0 Å². The highest BCUT2D eigenvalue weighted by molar-refractivity contribution is 6.30. The maximum absolute atomic E-state index is 6.08. The number of benzene rings is 1. The Morgan fingerprint density at radius 3 is 3.00 bits per heavy atom. The van der Waals surface area contributed by atoms with Crippen molar-refractivity contribution in [1.82, 2.24) is 10.2 Å². The first-order valence-electron chi connectivity index (χ1n) is 6.89. The summed E-state index contributed by atoms with van der Waals surface area (Å²) in [5.41, 5.74) is 1.30. The molecule has 0 saturated carbocycles. The largest absolute Gasteiger partial charge is 0.306 e. The first-order chi connectivity index (χ1) is 8.69. The maximum Gasteiger partial charge on any atom is 0.0409 e. The van der Waals surface area contributed by atoms with Crippen molar-refractivity contribution < 1.29 is 0 Å². The van der Waals surface area contributed by atoms with Gasteiger partial charge in [0.2, 0.25) is 0 Å². The van der Waals surface area contributed by atoms with E-state index in [0.717, 1.165) is 18.0 Å². The normalized spacial score (nSPS) is 22.9. The number of piperidine rings is 1. The molecular weight excluding hydrogens is 244 g/mol. The highest BCUT2D eigenvalue weighted by atomic mass is 35.5. The van der Waals surface area contributed by atoms with Gasteiger partial charge in [-0.05, 0) is 50.6 Å². The van der Waals surface area contributed by atoms with Crippen LogP contribution in [-0.4, -0.2) is 31.1 Å². The summed E-state index contributed by atoms with van der Waals surface area (Å²) in [7, 11) is 2.20. The summed E-state index contributed by atoms with van der Waals surface area (Å²) in [4.78, 5) is 2.41. The molecule has 2 atom stereocenters. The average Bonchev–Trinajstić information content (AvgIpc) is 2.36. The SMILES string of the molecule is CCC(NC1CCCN(C)C1)c1cccc(Cl)c1. The average molecular weight is 267 g/mol. The molecule has 1 N–H and O–H groups in total. The van der Waals surface area contributed by atoms with Crippen molar-refractivity contribution in [3.63, 3.8) is 0 Å². The predicted molar refractivity (Wildman–Crippen MR) is 78.1 cm³/mol. The van der Waals surface area contributed by atoms with Gasteiger partial charge < -0.3 is 10.2 Å². The van der Waals surface area contributed by atoms with Crippen molar-refractivity contribution in [3.8, 4) is 0 Å². The molecular formula is C15H23ClN2. The van der Waals surface area contributed by atoms with Crippen molar-refractivity contribution in [2.45, 2.75) is 38.3 Å². The molecule has 1 aliphatic rings. The molecule has 0 aliphatic carbocycles. The molecule has 1 aliphatic heterocycles. The zero-order valence-electron chi connectivity index (χ0n) is 11.3. The Balaban J connectivity index is 2.00. The van der Waals surface area contributed by atoms with Gasteiger partial charge in [-0.3, -0.25) is 0 Å². The fraction of sp³-hybridized carbons (Fsp3) is 0.600. The number of likely N-dealkylation sites (N-methyl/N-ethyl adjacent to an activating group) is 1. The molecule has 2 nitrogen and oxygen atoms in total. The second kappa shape index (κ2) is 6.55. The Labute approximate surface area is 115 Å². The Morgan fingerprint density at radius 2 is 2.33 bits per heavy atom. The molecule has 1 heterocycles. The number of halogens is 1. The first-order valence-corrected chi connectivity index (χ1v) is 7.27. The van der Waals surface area contributed by atoms with Crippen LogP contribution >= 0.6 is 11.6 Å². The van der Waals surface area contributed by atoms with Crippen LogP contribution in [0.3, 0.4) is 0 Å². The minimum atomic E-state index is 0.417. The van der Waals surface area contributed by atoms with E-state index in [4.69, 9.17) is 11.6 Å². The lowest BCUT2D eigenvalue weighted by Gasteiger charge is -2.33. The van der Waals surface area contributed by atoms with Gasteiger partial charge in [-0.15, -0.1) is 0 Å². The van der Waals surface area contributed by atoms with Crippen LogP contribution < -0.4 is 5.32 Å². The molecule has 1 saturated heterocycles. The van der Waals surface area contributed by atoms with E-state index < -0.39 is 0 Å². The molecule has 0 amide bonds. The molecule has 1 aromatic rings. The van der Waals surface area contributed by atoms with E-state index in [9.17, 15) is 0 Å². The van der Waals surface area contributed by atoms with Crippen LogP contribution in [0.15, 0.2) is 24.3 Å². The first kappa shape index (κ1) is 13.9. The molecule has 18 heavy (non-hydrogen) atoms. The van der Waals surface area contributed by atoms with E-state index in [1.807, 2.05) is 12.1 Å². The second-order valence-electron chi connectivity index (χ2n) is 5.28. The van der Waals surface area contributed by atoms with Crippen LogP contribution in [-0.2, 0) is 0 Å². The van der Waals surface area contributed by atoms with Gasteiger partial charge in [0, 0.05) is 23.7 Å². The van der Waals surface area contributed by atoms with Crippen molar-refractivity contribution in [1.29, 1.82) is 0 Å². The molecule has 0 bridgehead atoms. The predicted octanol–water partition coefficient (Wildman–Crippen LogP) is 3.47. The van der Waals surface area contributed by atoms with Gasteiger partial charge in [0.15, 0.2) is 0 Å². The highest BCUT2D eigenvalue weighted by Gasteiger charge is 2.20. The van der Waals surface area contributed by atoms with E-state index in [0.29, 0.717) is 12.1 Å². The van der Waals surface area contributed by atoms with Crippen LogP contribution in [0.1, 0.15) is 37.8 Å². The minimum absolute atomic E-state index is 0.417. The van der Waals surface area contributed by atoms with E-state index in [1.165, 1.54) is 24.9 Å². The summed E-state index contributed by atoms with van der Waals surface area (Å²) in [5, 5.41) is 4.61. The number of hydrogen-bond acceptors (Lipinski definition) is 2.